The second-order valence-electron chi connectivity index (χ2n) is 3.77. The third-order valence-electron chi connectivity index (χ3n) is 2.44. The molecule has 1 aromatic heterocycles. The van der Waals surface area contributed by atoms with Crippen LogP contribution in [0.4, 0.5) is 8.78 Å². The van der Waals surface area contributed by atoms with Crippen molar-refractivity contribution in [2.24, 2.45) is 5.73 Å². The summed E-state index contributed by atoms with van der Waals surface area (Å²) in [7, 11) is 0. The molecule has 0 spiro atoms. The van der Waals surface area contributed by atoms with Crippen LogP contribution in [0.3, 0.4) is 0 Å². The predicted molar refractivity (Wildman–Crippen MR) is 66.0 cm³/mol. The molecule has 0 unspecified atom stereocenters. The Morgan fingerprint density at radius 1 is 1.42 bits per heavy atom. The minimum atomic E-state index is -1.04. The van der Waals surface area contributed by atoms with Crippen LogP contribution < -0.4 is 5.73 Å². The van der Waals surface area contributed by atoms with Crippen molar-refractivity contribution >= 4 is 15.9 Å². The summed E-state index contributed by atoms with van der Waals surface area (Å²) in [5.41, 5.74) is 5.53. The molecule has 1 atom stereocenters. The van der Waals surface area contributed by atoms with Crippen molar-refractivity contribution < 1.29 is 18.4 Å². The lowest BCUT2D eigenvalue weighted by atomic mass is 10.2. The number of halogens is 3. The molecule has 0 saturated carbocycles. The molecule has 0 aliphatic carbocycles. The number of hydrogen-bond acceptors (Lipinski definition) is 5. The first-order chi connectivity index (χ1) is 9.04. The Kier molecular flexibility index (Phi) is 4.23. The lowest BCUT2D eigenvalue weighted by Gasteiger charge is -2.02. The van der Waals surface area contributed by atoms with Crippen LogP contribution in [0.1, 0.15) is 18.4 Å². The molecule has 0 aliphatic rings. The largest absolute Gasteiger partial charge is 0.383 e. The highest BCUT2D eigenvalue weighted by atomic mass is 79.9. The fraction of sp³-hybridized carbons (Fsp3) is 0.273. The Labute approximate surface area is 115 Å². The molecule has 0 saturated heterocycles. The Morgan fingerprint density at radius 3 is 2.84 bits per heavy atom. The van der Waals surface area contributed by atoms with Crippen LogP contribution in [0.25, 0.3) is 11.4 Å². The van der Waals surface area contributed by atoms with Crippen LogP contribution in [0.5, 0.6) is 0 Å². The van der Waals surface area contributed by atoms with Gasteiger partial charge in [-0.05, 0) is 41.0 Å². The maximum absolute atomic E-state index is 13.4. The monoisotopic (exact) mass is 333 g/mol. The Balaban J connectivity index is 2.36. The zero-order valence-electron chi connectivity index (χ0n) is 9.61. The van der Waals surface area contributed by atoms with Crippen molar-refractivity contribution in [1.82, 2.24) is 10.1 Å². The Hall–Kier alpha value is -1.38. The Morgan fingerprint density at radius 2 is 2.16 bits per heavy atom. The van der Waals surface area contributed by atoms with Gasteiger partial charge >= 0.3 is 0 Å². The summed E-state index contributed by atoms with van der Waals surface area (Å²) in [5, 5.41) is 13.2. The van der Waals surface area contributed by atoms with Crippen molar-refractivity contribution in [2.75, 3.05) is 6.54 Å². The topological polar surface area (TPSA) is 85.2 Å². The summed E-state index contributed by atoms with van der Waals surface area (Å²) in [6.07, 6.45) is -0.712. The van der Waals surface area contributed by atoms with Gasteiger partial charge in [-0.25, -0.2) is 8.78 Å². The van der Waals surface area contributed by atoms with E-state index < -0.39 is 17.7 Å². The molecule has 2 rings (SSSR count). The van der Waals surface area contributed by atoms with Crippen molar-refractivity contribution in [3.63, 3.8) is 0 Å². The molecule has 0 radical (unpaired) electrons. The number of aliphatic hydroxyl groups is 1. The smallest absolute Gasteiger partial charge is 0.255 e. The SMILES string of the molecule is NCC[C@H](O)c1nc(-c2ccc(F)c(F)c2Br)no1. The third kappa shape index (κ3) is 2.80. The molecular weight excluding hydrogens is 324 g/mol. The van der Waals surface area contributed by atoms with Crippen LogP contribution in [0.15, 0.2) is 21.1 Å². The second kappa shape index (κ2) is 5.72. The standard InChI is InChI=1S/C11H10BrF2N3O2/c12-8-5(1-2-6(13)9(8)14)10-16-11(19-17-10)7(18)3-4-15/h1-2,7,18H,3-4,15H2/t7-/m0/s1. The zero-order chi connectivity index (χ0) is 14.0. The number of aromatic nitrogens is 2. The van der Waals surface area contributed by atoms with Gasteiger partial charge in [0, 0.05) is 5.56 Å². The molecular formula is C11H10BrF2N3O2. The molecule has 2 aromatic rings. The average Bonchev–Trinajstić information content (AvgIpc) is 2.86. The van der Waals surface area contributed by atoms with E-state index in [2.05, 4.69) is 26.1 Å². The van der Waals surface area contributed by atoms with Gasteiger partial charge in [-0.15, -0.1) is 0 Å². The quantitative estimate of drug-likeness (QED) is 0.837. The molecule has 1 heterocycles. The molecule has 1 aromatic carbocycles. The first-order valence-electron chi connectivity index (χ1n) is 5.40. The summed E-state index contributed by atoms with van der Waals surface area (Å²) in [5.74, 6) is -1.98. The number of rotatable bonds is 4. The average molecular weight is 334 g/mol. The van der Waals surface area contributed by atoms with Crippen molar-refractivity contribution in [1.29, 1.82) is 0 Å². The maximum Gasteiger partial charge on any atom is 0.255 e. The lowest BCUT2D eigenvalue weighted by Crippen LogP contribution is -2.06. The van der Waals surface area contributed by atoms with E-state index in [1.54, 1.807) is 0 Å². The summed E-state index contributed by atoms with van der Waals surface area (Å²) >= 11 is 2.93. The second-order valence-corrected chi connectivity index (χ2v) is 4.57. The van der Waals surface area contributed by atoms with Crippen molar-refractivity contribution in [2.45, 2.75) is 12.5 Å². The molecule has 5 nitrogen and oxygen atoms in total. The summed E-state index contributed by atoms with van der Waals surface area (Å²) in [4.78, 5) is 3.93. The van der Waals surface area contributed by atoms with E-state index in [1.165, 1.54) is 6.07 Å². The highest BCUT2D eigenvalue weighted by Gasteiger charge is 2.20. The van der Waals surface area contributed by atoms with Crippen LogP contribution in [-0.2, 0) is 0 Å². The highest BCUT2D eigenvalue weighted by Crippen LogP contribution is 2.30. The van der Waals surface area contributed by atoms with E-state index >= 15 is 0 Å². The summed E-state index contributed by atoms with van der Waals surface area (Å²) < 4.78 is 31.1. The van der Waals surface area contributed by atoms with E-state index in [0.29, 0.717) is 0 Å². The van der Waals surface area contributed by atoms with Gasteiger partial charge in [0.05, 0.1) is 4.47 Å². The molecule has 0 fully saturated rings. The number of aliphatic hydroxyl groups excluding tert-OH is 1. The van der Waals surface area contributed by atoms with E-state index in [1.807, 2.05) is 0 Å². The molecule has 3 N–H and O–H groups in total. The van der Waals surface area contributed by atoms with Gasteiger partial charge in [0.2, 0.25) is 5.82 Å². The van der Waals surface area contributed by atoms with Gasteiger partial charge in [-0.1, -0.05) is 5.16 Å². The highest BCUT2D eigenvalue weighted by molar-refractivity contribution is 9.10. The van der Waals surface area contributed by atoms with Gasteiger partial charge in [0.1, 0.15) is 6.10 Å². The van der Waals surface area contributed by atoms with Gasteiger partial charge in [-0.2, -0.15) is 4.98 Å². The first kappa shape index (κ1) is 14.0. The predicted octanol–water partition coefficient (Wildman–Crippen LogP) is 2.16. The van der Waals surface area contributed by atoms with Crippen molar-refractivity contribution in [3.05, 3.63) is 34.1 Å². The molecule has 0 amide bonds. The fourth-order valence-corrected chi connectivity index (χ4v) is 1.96. The van der Waals surface area contributed by atoms with Crippen LogP contribution in [0, 0.1) is 11.6 Å². The molecule has 8 heteroatoms. The number of hydrogen-bond donors (Lipinski definition) is 2. The van der Waals surface area contributed by atoms with Crippen LogP contribution in [-0.4, -0.2) is 21.8 Å². The lowest BCUT2D eigenvalue weighted by molar-refractivity contribution is 0.127. The number of nitrogens with zero attached hydrogens (tertiary/aromatic N) is 2. The third-order valence-corrected chi connectivity index (χ3v) is 3.22. The van der Waals surface area contributed by atoms with Gasteiger partial charge in [-0.3, -0.25) is 0 Å². The maximum atomic E-state index is 13.4. The van der Waals surface area contributed by atoms with Crippen molar-refractivity contribution in [3.8, 4) is 11.4 Å². The fourth-order valence-electron chi connectivity index (χ4n) is 1.46. The summed E-state index contributed by atoms with van der Waals surface area (Å²) in [6.45, 7) is 0.258. The molecule has 102 valence electrons. The summed E-state index contributed by atoms with van der Waals surface area (Å²) in [6, 6.07) is 2.27. The van der Waals surface area contributed by atoms with Crippen LogP contribution in [0.2, 0.25) is 0 Å². The van der Waals surface area contributed by atoms with E-state index in [-0.39, 0.29) is 34.7 Å². The van der Waals surface area contributed by atoms with Gasteiger partial charge in [0.15, 0.2) is 11.6 Å². The van der Waals surface area contributed by atoms with E-state index in [9.17, 15) is 13.9 Å². The Bertz CT molecular complexity index is 591. The molecule has 0 bridgehead atoms. The number of nitrogens with two attached hydrogens (primary N) is 1. The van der Waals surface area contributed by atoms with E-state index in [4.69, 9.17) is 10.3 Å². The molecule has 19 heavy (non-hydrogen) atoms. The van der Waals surface area contributed by atoms with Gasteiger partial charge in [0.25, 0.3) is 5.89 Å². The van der Waals surface area contributed by atoms with Crippen LogP contribution >= 0.6 is 15.9 Å². The minimum absolute atomic E-state index is 0.0166. The first-order valence-corrected chi connectivity index (χ1v) is 6.19. The van der Waals surface area contributed by atoms with Gasteiger partial charge < -0.3 is 15.4 Å². The zero-order valence-corrected chi connectivity index (χ0v) is 11.2. The minimum Gasteiger partial charge on any atom is -0.383 e. The normalized spacial score (nSPS) is 12.7. The van der Waals surface area contributed by atoms with E-state index in [0.717, 1.165) is 6.07 Å². The number of benzene rings is 1. The molecule has 0 aliphatic heterocycles.